The van der Waals surface area contributed by atoms with Gasteiger partial charge < -0.3 is 9.47 Å². The molecule has 0 saturated carbocycles. The Balaban J connectivity index is 2.71. The van der Waals surface area contributed by atoms with E-state index < -0.39 is 6.29 Å². The van der Waals surface area contributed by atoms with E-state index in [0.29, 0.717) is 19.0 Å². The van der Waals surface area contributed by atoms with Gasteiger partial charge in [0.15, 0.2) is 5.82 Å². The summed E-state index contributed by atoms with van der Waals surface area (Å²) in [6.45, 7) is 4.96. The van der Waals surface area contributed by atoms with Crippen LogP contribution in [-0.2, 0) is 9.47 Å². The summed E-state index contributed by atoms with van der Waals surface area (Å²) in [5, 5.41) is 0. The predicted molar refractivity (Wildman–Crippen MR) is 55.7 cm³/mol. The van der Waals surface area contributed by atoms with Gasteiger partial charge in [-0.2, -0.15) is 0 Å². The normalized spacial score (nSPS) is 10.9. The van der Waals surface area contributed by atoms with Gasteiger partial charge in [-0.1, -0.05) is 0 Å². The fourth-order valence-corrected chi connectivity index (χ4v) is 1.15. The SMILES string of the molecule is CCOC(OCC)c1ncc(Br)cn1. The van der Waals surface area contributed by atoms with Crippen molar-refractivity contribution in [3.63, 3.8) is 0 Å². The molecule has 0 fully saturated rings. The third kappa shape index (κ3) is 3.32. The first-order valence-corrected chi connectivity index (χ1v) is 5.27. The topological polar surface area (TPSA) is 44.2 Å². The molecule has 14 heavy (non-hydrogen) atoms. The summed E-state index contributed by atoms with van der Waals surface area (Å²) in [6.07, 6.45) is 2.89. The van der Waals surface area contributed by atoms with E-state index in [2.05, 4.69) is 25.9 Å². The predicted octanol–water partition coefficient (Wildman–Crippen LogP) is 2.31. The molecule has 0 radical (unpaired) electrons. The molecular weight excluding hydrogens is 248 g/mol. The molecule has 78 valence electrons. The average molecular weight is 261 g/mol. The number of hydrogen-bond acceptors (Lipinski definition) is 4. The Bertz CT molecular complexity index is 260. The lowest BCUT2D eigenvalue weighted by Gasteiger charge is -2.14. The molecule has 0 saturated heterocycles. The van der Waals surface area contributed by atoms with Gasteiger partial charge in [-0.3, -0.25) is 0 Å². The van der Waals surface area contributed by atoms with Gasteiger partial charge >= 0.3 is 0 Å². The zero-order chi connectivity index (χ0) is 10.4. The molecule has 1 aromatic rings. The molecule has 0 bridgehead atoms. The van der Waals surface area contributed by atoms with Crippen LogP contribution in [0, 0.1) is 0 Å². The number of aromatic nitrogens is 2. The highest BCUT2D eigenvalue weighted by molar-refractivity contribution is 9.10. The molecule has 1 aromatic heterocycles. The zero-order valence-corrected chi connectivity index (χ0v) is 9.82. The van der Waals surface area contributed by atoms with Crippen LogP contribution >= 0.6 is 15.9 Å². The number of halogens is 1. The van der Waals surface area contributed by atoms with Gasteiger partial charge in [0.05, 0.1) is 4.47 Å². The molecule has 0 spiro atoms. The van der Waals surface area contributed by atoms with Crippen LogP contribution in [0.2, 0.25) is 0 Å². The van der Waals surface area contributed by atoms with E-state index in [1.807, 2.05) is 13.8 Å². The van der Waals surface area contributed by atoms with Gasteiger partial charge in [-0.15, -0.1) is 0 Å². The number of hydrogen-bond donors (Lipinski definition) is 0. The molecular formula is C9H13BrN2O2. The lowest BCUT2D eigenvalue weighted by atomic mass is 10.5. The van der Waals surface area contributed by atoms with Crippen molar-refractivity contribution in [2.24, 2.45) is 0 Å². The molecule has 1 heterocycles. The number of ether oxygens (including phenoxy) is 2. The number of rotatable bonds is 5. The molecule has 1 rings (SSSR count). The molecule has 0 aliphatic carbocycles. The Hall–Kier alpha value is -0.520. The van der Waals surface area contributed by atoms with Crippen molar-refractivity contribution in [2.45, 2.75) is 20.1 Å². The Labute approximate surface area is 91.8 Å². The zero-order valence-electron chi connectivity index (χ0n) is 8.24. The maximum Gasteiger partial charge on any atom is 0.219 e. The van der Waals surface area contributed by atoms with Gasteiger partial charge in [0.25, 0.3) is 0 Å². The van der Waals surface area contributed by atoms with Crippen molar-refractivity contribution in [3.8, 4) is 0 Å². The Morgan fingerprint density at radius 1 is 1.21 bits per heavy atom. The lowest BCUT2D eigenvalue weighted by molar-refractivity contribution is -0.145. The Kier molecular flexibility index (Phi) is 5.00. The van der Waals surface area contributed by atoms with E-state index in [-0.39, 0.29) is 0 Å². The highest BCUT2D eigenvalue weighted by Crippen LogP contribution is 2.15. The molecule has 0 aliphatic heterocycles. The van der Waals surface area contributed by atoms with Crippen LogP contribution in [0.3, 0.4) is 0 Å². The van der Waals surface area contributed by atoms with Gasteiger partial charge in [0, 0.05) is 25.6 Å². The van der Waals surface area contributed by atoms with Crippen molar-refractivity contribution in [2.75, 3.05) is 13.2 Å². The van der Waals surface area contributed by atoms with Crippen molar-refractivity contribution in [1.82, 2.24) is 9.97 Å². The van der Waals surface area contributed by atoms with Crippen LogP contribution in [-0.4, -0.2) is 23.2 Å². The molecule has 5 heteroatoms. The molecule has 0 amide bonds. The maximum atomic E-state index is 5.35. The molecule has 0 N–H and O–H groups in total. The minimum Gasteiger partial charge on any atom is -0.346 e. The van der Waals surface area contributed by atoms with E-state index in [0.717, 1.165) is 4.47 Å². The molecule has 0 aromatic carbocycles. The number of nitrogens with zero attached hydrogens (tertiary/aromatic N) is 2. The van der Waals surface area contributed by atoms with Crippen LogP contribution < -0.4 is 0 Å². The minimum absolute atomic E-state index is 0.460. The Morgan fingerprint density at radius 2 is 1.71 bits per heavy atom. The van der Waals surface area contributed by atoms with Crippen molar-refractivity contribution >= 4 is 15.9 Å². The second-order valence-electron chi connectivity index (χ2n) is 2.50. The maximum absolute atomic E-state index is 5.35. The summed E-state index contributed by atoms with van der Waals surface area (Å²) in [7, 11) is 0. The summed E-state index contributed by atoms with van der Waals surface area (Å²) in [5.41, 5.74) is 0. The largest absolute Gasteiger partial charge is 0.346 e. The van der Waals surface area contributed by atoms with Crippen LogP contribution in [0.5, 0.6) is 0 Å². The second kappa shape index (κ2) is 6.06. The first kappa shape index (κ1) is 11.6. The first-order chi connectivity index (χ1) is 6.77. The molecule has 0 unspecified atom stereocenters. The smallest absolute Gasteiger partial charge is 0.219 e. The summed E-state index contributed by atoms with van der Waals surface area (Å²) in [6, 6.07) is 0. The molecule has 0 aliphatic rings. The third-order valence-corrected chi connectivity index (χ3v) is 1.90. The van der Waals surface area contributed by atoms with Crippen molar-refractivity contribution < 1.29 is 9.47 Å². The second-order valence-corrected chi connectivity index (χ2v) is 3.42. The van der Waals surface area contributed by atoms with E-state index in [1.165, 1.54) is 0 Å². The van der Waals surface area contributed by atoms with E-state index in [4.69, 9.17) is 9.47 Å². The van der Waals surface area contributed by atoms with Crippen LogP contribution in [0.1, 0.15) is 26.0 Å². The fraction of sp³-hybridized carbons (Fsp3) is 0.556. The fourth-order valence-electron chi connectivity index (χ4n) is 0.944. The van der Waals surface area contributed by atoms with Gasteiger partial charge in [0.1, 0.15) is 0 Å². The van der Waals surface area contributed by atoms with Gasteiger partial charge in [0.2, 0.25) is 6.29 Å². The standard InChI is InChI=1S/C9H13BrN2O2/c1-3-13-9(14-4-2)8-11-5-7(10)6-12-8/h5-6,9H,3-4H2,1-2H3. The molecule has 0 atom stereocenters. The highest BCUT2D eigenvalue weighted by Gasteiger charge is 2.13. The first-order valence-electron chi connectivity index (χ1n) is 4.48. The summed E-state index contributed by atoms with van der Waals surface area (Å²) in [4.78, 5) is 8.22. The quantitative estimate of drug-likeness (QED) is 0.763. The Morgan fingerprint density at radius 3 is 2.14 bits per heavy atom. The van der Waals surface area contributed by atoms with Crippen LogP contribution in [0.4, 0.5) is 0 Å². The third-order valence-electron chi connectivity index (χ3n) is 1.49. The van der Waals surface area contributed by atoms with E-state index >= 15 is 0 Å². The average Bonchev–Trinajstić information content (AvgIpc) is 2.19. The van der Waals surface area contributed by atoms with Crippen molar-refractivity contribution in [1.29, 1.82) is 0 Å². The summed E-state index contributed by atoms with van der Waals surface area (Å²) in [5.74, 6) is 0.553. The summed E-state index contributed by atoms with van der Waals surface area (Å²) >= 11 is 3.27. The van der Waals surface area contributed by atoms with Gasteiger partial charge in [-0.25, -0.2) is 9.97 Å². The molecule has 4 nitrogen and oxygen atoms in total. The van der Waals surface area contributed by atoms with Crippen LogP contribution in [0.15, 0.2) is 16.9 Å². The monoisotopic (exact) mass is 260 g/mol. The van der Waals surface area contributed by atoms with Crippen molar-refractivity contribution in [3.05, 3.63) is 22.7 Å². The van der Waals surface area contributed by atoms with Gasteiger partial charge in [-0.05, 0) is 29.8 Å². The van der Waals surface area contributed by atoms with E-state index in [1.54, 1.807) is 12.4 Å². The lowest BCUT2D eigenvalue weighted by Crippen LogP contribution is -2.12. The van der Waals surface area contributed by atoms with Crippen LogP contribution in [0.25, 0.3) is 0 Å². The minimum atomic E-state index is -0.460. The summed E-state index contributed by atoms with van der Waals surface area (Å²) < 4.78 is 11.5. The van der Waals surface area contributed by atoms with E-state index in [9.17, 15) is 0 Å². The highest BCUT2D eigenvalue weighted by atomic mass is 79.9.